The van der Waals surface area contributed by atoms with Gasteiger partial charge < -0.3 is 14.8 Å². The van der Waals surface area contributed by atoms with Crippen molar-refractivity contribution >= 4 is 11.6 Å². The van der Waals surface area contributed by atoms with Gasteiger partial charge in [0.25, 0.3) is 5.91 Å². The first-order valence-corrected chi connectivity index (χ1v) is 9.59. The van der Waals surface area contributed by atoms with Gasteiger partial charge in [-0.3, -0.25) is 4.79 Å². The van der Waals surface area contributed by atoms with Crippen molar-refractivity contribution in [3.63, 3.8) is 0 Å². The molecular weight excluding hydrogens is 350 g/mol. The zero-order valence-electron chi connectivity index (χ0n) is 15.6. The smallest absolute Gasteiger partial charge is 0.255 e. The number of anilines is 1. The molecule has 0 aromatic heterocycles. The molecule has 1 fully saturated rings. The van der Waals surface area contributed by atoms with E-state index in [1.165, 1.54) is 0 Å². The Balaban J connectivity index is 1.38. The summed E-state index contributed by atoms with van der Waals surface area (Å²) in [6.45, 7) is 1.35. The van der Waals surface area contributed by atoms with Gasteiger partial charge in [0, 0.05) is 23.9 Å². The predicted octanol–water partition coefficient (Wildman–Crippen LogP) is 5.16. The fourth-order valence-electron chi connectivity index (χ4n) is 3.28. The van der Waals surface area contributed by atoms with E-state index in [4.69, 9.17) is 9.47 Å². The molecule has 1 saturated heterocycles. The largest absolute Gasteiger partial charge is 0.491 e. The van der Waals surface area contributed by atoms with E-state index in [1.807, 2.05) is 66.7 Å². The molecule has 0 spiro atoms. The van der Waals surface area contributed by atoms with Crippen LogP contribution in [0.4, 0.5) is 5.69 Å². The number of hydrogen-bond acceptors (Lipinski definition) is 3. The molecule has 0 bridgehead atoms. The fourth-order valence-corrected chi connectivity index (χ4v) is 3.28. The predicted molar refractivity (Wildman–Crippen MR) is 111 cm³/mol. The average Bonchev–Trinajstić information content (AvgIpc) is 3.27. The molecule has 0 radical (unpaired) electrons. The number of carbonyl (C=O) groups excluding carboxylic acids is 1. The van der Waals surface area contributed by atoms with Crippen molar-refractivity contribution in [1.29, 1.82) is 0 Å². The molecule has 1 N–H and O–H groups in total. The molecule has 0 aliphatic carbocycles. The van der Waals surface area contributed by atoms with E-state index in [-0.39, 0.29) is 12.0 Å². The van der Waals surface area contributed by atoms with Gasteiger partial charge in [0.15, 0.2) is 0 Å². The van der Waals surface area contributed by atoms with E-state index in [0.717, 1.165) is 36.3 Å². The number of nitrogens with one attached hydrogen (secondary N) is 1. The maximum atomic E-state index is 12.6. The molecule has 3 aromatic rings. The van der Waals surface area contributed by atoms with Gasteiger partial charge in [0.1, 0.15) is 12.4 Å². The SMILES string of the molecule is O=C(Nc1cccc(OCC2CCCO2)c1)c1ccc(-c2ccccc2)cc1. The molecule has 142 valence electrons. The van der Waals surface area contributed by atoms with Gasteiger partial charge in [-0.05, 0) is 48.2 Å². The summed E-state index contributed by atoms with van der Waals surface area (Å²) in [7, 11) is 0. The lowest BCUT2D eigenvalue weighted by Crippen LogP contribution is -2.16. The van der Waals surface area contributed by atoms with E-state index >= 15 is 0 Å². The van der Waals surface area contributed by atoms with Crippen LogP contribution >= 0.6 is 0 Å². The maximum absolute atomic E-state index is 12.6. The van der Waals surface area contributed by atoms with E-state index in [2.05, 4.69) is 17.4 Å². The number of rotatable bonds is 6. The molecular formula is C24H23NO3. The Morgan fingerprint density at radius 2 is 1.75 bits per heavy atom. The van der Waals surface area contributed by atoms with Gasteiger partial charge in [0.2, 0.25) is 0 Å². The molecule has 1 aliphatic rings. The second-order valence-corrected chi connectivity index (χ2v) is 6.87. The van der Waals surface area contributed by atoms with Crippen molar-refractivity contribution in [2.75, 3.05) is 18.5 Å². The third-order valence-corrected chi connectivity index (χ3v) is 4.81. The molecule has 1 unspecified atom stereocenters. The van der Waals surface area contributed by atoms with E-state index in [9.17, 15) is 4.79 Å². The van der Waals surface area contributed by atoms with Crippen LogP contribution in [-0.4, -0.2) is 25.2 Å². The van der Waals surface area contributed by atoms with Gasteiger partial charge in [-0.25, -0.2) is 0 Å². The molecule has 0 saturated carbocycles. The zero-order valence-corrected chi connectivity index (χ0v) is 15.6. The lowest BCUT2D eigenvalue weighted by Gasteiger charge is -2.12. The van der Waals surface area contributed by atoms with Crippen LogP contribution in [0.15, 0.2) is 78.9 Å². The molecule has 4 heteroatoms. The summed E-state index contributed by atoms with van der Waals surface area (Å²) in [5.41, 5.74) is 3.54. The number of carbonyl (C=O) groups is 1. The summed E-state index contributed by atoms with van der Waals surface area (Å²) in [4.78, 5) is 12.6. The first-order valence-electron chi connectivity index (χ1n) is 9.59. The fraction of sp³-hybridized carbons (Fsp3) is 0.208. The third-order valence-electron chi connectivity index (χ3n) is 4.81. The Kier molecular flexibility index (Phi) is 5.69. The van der Waals surface area contributed by atoms with Gasteiger partial charge in [-0.1, -0.05) is 48.5 Å². The first kappa shape index (κ1) is 18.3. The van der Waals surface area contributed by atoms with E-state index in [1.54, 1.807) is 0 Å². The maximum Gasteiger partial charge on any atom is 0.255 e. The van der Waals surface area contributed by atoms with Crippen LogP contribution in [0, 0.1) is 0 Å². The normalized spacial score (nSPS) is 15.9. The minimum absolute atomic E-state index is 0.143. The van der Waals surface area contributed by atoms with E-state index < -0.39 is 0 Å². The van der Waals surface area contributed by atoms with Crippen molar-refractivity contribution in [3.05, 3.63) is 84.4 Å². The Hall–Kier alpha value is -3.11. The molecule has 4 rings (SSSR count). The Bertz CT molecular complexity index is 916. The number of amides is 1. The topological polar surface area (TPSA) is 47.6 Å². The molecule has 1 atom stereocenters. The van der Waals surface area contributed by atoms with Crippen LogP contribution in [-0.2, 0) is 4.74 Å². The second kappa shape index (κ2) is 8.72. The van der Waals surface area contributed by atoms with Gasteiger partial charge >= 0.3 is 0 Å². The van der Waals surface area contributed by atoms with Crippen LogP contribution in [0.5, 0.6) is 5.75 Å². The van der Waals surface area contributed by atoms with Crippen molar-refractivity contribution < 1.29 is 14.3 Å². The highest BCUT2D eigenvalue weighted by molar-refractivity contribution is 6.04. The van der Waals surface area contributed by atoms with Gasteiger partial charge in [-0.15, -0.1) is 0 Å². The van der Waals surface area contributed by atoms with Crippen molar-refractivity contribution in [2.45, 2.75) is 18.9 Å². The lowest BCUT2D eigenvalue weighted by atomic mass is 10.0. The van der Waals surface area contributed by atoms with Crippen LogP contribution in [0.1, 0.15) is 23.2 Å². The minimum atomic E-state index is -0.143. The molecule has 1 aliphatic heterocycles. The molecule has 4 nitrogen and oxygen atoms in total. The summed E-state index contributed by atoms with van der Waals surface area (Å²) in [6, 6.07) is 25.2. The zero-order chi connectivity index (χ0) is 19.2. The van der Waals surface area contributed by atoms with Crippen molar-refractivity contribution in [2.24, 2.45) is 0 Å². The molecule has 3 aromatic carbocycles. The Labute approximate surface area is 165 Å². The molecule has 1 heterocycles. The molecule has 28 heavy (non-hydrogen) atoms. The minimum Gasteiger partial charge on any atom is -0.491 e. The number of ether oxygens (including phenoxy) is 2. The van der Waals surface area contributed by atoms with E-state index in [0.29, 0.717) is 17.9 Å². The first-order chi connectivity index (χ1) is 13.8. The highest BCUT2D eigenvalue weighted by Crippen LogP contribution is 2.22. The second-order valence-electron chi connectivity index (χ2n) is 6.87. The van der Waals surface area contributed by atoms with Gasteiger partial charge in [-0.2, -0.15) is 0 Å². The Morgan fingerprint density at radius 1 is 0.964 bits per heavy atom. The van der Waals surface area contributed by atoms with Crippen LogP contribution in [0.3, 0.4) is 0 Å². The number of benzene rings is 3. The van der Waals surface area contributed by atoms with Gasteiger partial charge in [0.05, 0.1) is 6.10 Å². The summed E-state index contributed by atoms with van der Waals surface area (Å²) < 4.78 is 11.4. The van der Waals surface area contributed by atoms with Crippen LogP contribution in [0.25, 0.3) is 11.1 Å². The van der Waals surface area contributed by atoms with Crippen LogP contribution in [0.2, 0.25) is 0 Å². The number of hydrogen-bond donors (Lipinski definition) is 1. The summed E-state index contributed by atoms with van der Waals surface area (Å²) >= 11 is 0. The van der Waals surface area contributed by atoms with Crippen molar-refractivity contribution in [1.82, 2.24) is 0 Å². The summed E-state index contributed by atoms with van der Waals surface area (Å²) in [5, 5.41) is 2.94. The lowest BCUT2D eigenvalue weighted by molar-refractivity contribution is 0.0680. The van der Waals surface area contributed by atoms with Crippen LogP contribution < -0.4 is 10.1 Å². The average molecular weight is 373 g/mol. The third kappa shape index (κ3) is 4.59. The molecule has 1 amide bonds. The standard InChI is InChI=1S/C24H23NO3/c26-24(20-13-11-19(12-14-20)18-6-2-1-3-7-18)25-21-8-4-9-22(16-21)28-17-23-10-5-15-27-23/h1-4,6-9,11-14,16,23H,5,10,15,17H2,(H,25,26). The summed E-state index contributed by atoms with van der Waals surface area (Å²) in [5.74, 6) is 0.587. The summed E-state index contributed by atoms with van der Waals surface area (Å²) in [6.07, 6.45) is 2.30. The Morgan fingerprint density at radius 3 is 2.50 bits per heavy atom. The highest BCUT2D eigenvalue weighted by atomic mass is 16.5. The highest BCUT2D eigenvalue weighted by Gasteiger charge is 2.16. The monoisotopic (exact) mass is 373 g/mol. The quantitative estimate of drug-likeness (QED) is 0.649. The van der Waals surface area contributed by atoms with Crippen molar-refractivity contribution in [3.8, 4) is 16.9 Å².